The maximum Gasteiger partial charge on any atom is 0.416 e. The molecule has 1 unspecified atom stereocenters. The molecule has 0 radical (unpaired) electrons. The van der Waals surface area contributed by atoms with E-state index in [4.69, 9.17) is 15.7 Å². The number of guanidine groups is 1. The summed E-state index contributed by atoms with van der Waals surface area (Å²) in [6.07, 6.45) is 6.40. The summed E-state index contributed by atoms with van der Waals surface area (Å²) in [6, 6.07) is 4.33. The van der Waals surface area contributed by atoms with Crippen LogP contribution in [0.4, 0.5) is 13.2 Å². The minimum absolute atomic E-state index is 0.00802. The number of alkyl halides is 3. The molecule has 0 spiro atoms. The number of likely N-dealkylation sites (tertiary alicyclic amines) is 1. The van der Waals surface area contributed by atoms with Gasteiger partial charge in [-0.05, 0) is 37.3 Å². The van der Waals surface area contributed by atoms with Crippen molar-refractivity contribution in [3.8, 4) is 11.4 Å². The Balaban J connectivity index is 1.64. The molecular weight excluding hydrogens is 443 g/mol. The number of hydrogen-bond acceptors (Lipinski definition) is 4. The molecule has 1 fully saturated rings. The zero-order chi connectivity index (χ0) is 24.6. The summed E-state index contributed by atoms with van der Waals surface area (Å²) in [7, 11) is 0. The number of piperidine rings is 1. The number of hydrogen-bond donors (Lipinski definition) is 2. The van der Waals surface area contributed by atoms with Crippen molar-refractivity contribution in [2.24, 2.45) is 5.73 Å². The first-order chi connectivity index (χ1) is 16.3. The molecule has 0 amide bonds. The van der Waals surface area contributed by atoms with E-state index in [0.717, 1.165) is 44.6 Å². The Bertz CT molecular complexity index is 928. The predicted octanol–water partition coefficient (Wildman–Crippen LogP) is 6.51. The Morgan fingerprint density at radius 2 is 1.85 bits per heavy atom. The minimum atomic E-state index is -4.44. The van der Waals surface area contributed by atoms with Gasteiger partial charge in [0.1, 0.15) is 0 Å². The molecule has 2 heterocycles. The lowest BCUT2D eigenvalue weighted by atomic mass is 9.97. The monoisotopic (exact) mass is 479 g/mol. The Hall–Kier alpha value is -2.58. The highest BCUT2D eigenvalue weighted by Gasteiger charge is 2.34. The van der Waals surface area contributed by atoms with Crippen molar-refractivity contribution in [1.29, 1.82) is 5.41 Å². The Morgan fingerprint density at radius 1 is 1.15 bits per heavy atom. The average molecular weight is 480 g/mol. The molecular formula is C25H36F3N5O. The van der Waals surface area contributed by atoms with Gasteiger partial charge in [0.2, 0.25) is 11.7 Å². The summed E-state index contributed by atoms with van der Waals surface area (Å²) in [6.45, 7) is 3.37. The highest BCUT2D eigenvalue weighted by molar-refractivity contribution is 5.74. The number of benzene rings is 1. The van der Waals surface area contributed by atoms with Gasteiger partial charge in [-0.3, -0.25) is 5.41 Å². The molecule has 3 rings (SSSR count). The second kappa shape index (κ2) is 12.2. The summed E-state index contributed by atoms with van der Waals surface area (Å²) in [5.74, 6) is 0.421. The van der Waals surface area contributed by atoms with E-state index in [1.165, 1.54) is 25.7 Å². The highest BCUT2D eigenvalue weighted by Crippen LogP contribution is 2.36. The summed E-state index contributed by atoms with van der Waals surface area (Å²) in [5, 5.41) is 11.6. The maximum absolute atomic E-state index is 13.8. The molecule has 1 aromatic carbocycles. The third kappa shape index (κ3) is 7.21. The number of nitrogens with two attached hydrogens (primary N) is 1. The predicted molar refractivity (Wildman–Crippen MR) is 127 cm³/mol. The van der Waals surface area contributed by atoms with Crippen molar-refractivity contribution < 1.29 is 17.7 Å². The summed E-state index contributed by atoms with van der Waals surface area (Å²) in [4.78, 5) is 6.12. The SMILES string of the molecule is CCCCCCCCCCc1ccc(-c2noc(C3CCCN(C(=N)N)C3)n2)cc1C(F)(F)F. The Morgan fingerprint density at radius 3 is 2.53 bits per heavy atom. The molecule has 188 valence electrons. The Kier molecular flexibility index (Phi) is 9.36. The van der Waals surface area contributed by atoms with Crippen LogP contribution in [-0.2, 0) is 12.6 Å². The summed E-state index contributed by atoms with van der Waals surface area (Å²) >= 11 is 0. The first kappa shape index (κ1) is 26.0. The zero-order valence-electron chi connectivity index (χ0n) is 20.0. The van der Waals surface area contributed by atoms with Crippen LogP contribution in [0.5, 0.6) is 0 Å². The molecule has 1 saturated heterocycles. The first-order valence-corrected chi connectivity index (χ1v) is 12.4. The molecule has 1 aliphatic heterocycles. The van der Waals surface area contributed by atoms with E-state index in [9.17, 15) is 13.2 Å². The van der Waals surface area contributed by atoms with Gasteiger partial charge in [0, 0.05) is 18.7 Å². The first-order valence-electron chi connectivity index (χ1n) is 12.4. The third-order valence-electron chi connectivity index (χ3n) is 6.53. The maximum atomic E-state index is 13.8. The van der Waals surface area contributed by atoms with E-state index in [1.807, 2.05) is 0 Å². The third-order valence-corrected chi connectivity index (χ3v) is 6.53. The van der Waals surface area contributed by atoms with E-state index < -0.39 is 11.7 Å². The second-order valence-corrected chi connectivity index (χ2v) is 9.22. The van der Waals surface area contributed by atoms with Gasteiger partial charge >= 0.3 is 6.18 Å². The Labute approximate surface area is 199 Å². The van der Waals surface area contributed by atoms with Crippen LogP contribution in [0.15, 0.2) is 22.7 Å². The lowest BCUT2D eigenvalue weighted by molar-refractivity contribution is -0.138. The lowest BCUT2D eigenvalue weighted by Crippen LogP contribution is -2.42. The van der Waals surface area contributed by atoms with E-state index >= 15 is 0 Å². The molecule has 34 heavy (non-hydrogen) atoms. The second-order valence-electron chi connectivity index (χ2n) is 9.22. The number of nitrogens with zero attached hydrogens (tertiary/aromatic N) is 3. The van der Waals surface area contributed by atoms with Crippen molar-refractivity contribution in [2.75, 3.05) is 13.1 Å². The van der Waals surface area contributed by atoms with Crippen LogP contribution in [-0.4, -0.2) is 34.1 Å². The van der Waals surface area contributed by atoms with Crippen LogP contribution in [0.25, 0.3) is 11.4 Å². The van der Waals surface area contributed by atoms with E-state index in [0.29, 0.717) is 36.5 Å². The largest absolute Gasteiger partial charge is 0.416 e. The molecule has 9 heteroatoms. The molecule has 1 atom stereocenters. The number of rotatable bonds is 11. The van der Waals surface area contributed by atoms with Crippen molar-refractivity contribution in [3.63, 3.8) is 0 Å². The topological polar surface area (TPSA) is 92.0 Å². The number of aromatic nitrogens is 2. The van der Waals surface area contributed by atoms with Crippen LogP contribution in [0.3, 0.4) is 0 Å². The zero-order valence-corrected chi connectivity index (χ0v) is 20.0. The van der Waals surface area contributed by atoms with Crippen molar-refractivity contribution in [2.45, 2.75) is 89.6 Å². The fourth-order valence-corrected chi connectivity index (χ4v) is 4.56. The van der Waals surface area contributed by atoms with E-state index in [-0.39, 0.29) is 17.7 Å². The molecule has 1 aromatic heterocycles. The van der Waals surface area contributed by atoms with E-state index in [1.54, 1.807) is 17.0 Å². The van der Waals surface area contributed by atoms with Gasteiger partial charge < -0.3 is 15.2 Å². The average Bonchev–Trinajstić information content (AvgIpc) is 3.31. The van der Waals surface area contributed by atoms with Gasteiger partial charge in [-0.25, -0.2) is 0 Å². The summed E-state index contributed by atoms with van der Waals surface area (Å²) < 4.78 is 46.8. The summed E-state index contributed by atoms with van der Waals surface area (Å²) in [5.41, 5.74) is 5.57. The van der Waals surface area contributed by atoms with Crippen LogP contribution < -0.4 is 5.73 Å². The number of aryl methyl sites for hydroxylation is 1. The fourth-order valence-electron chi connectivity index (χ4n) is 4.56. The van der Waals surface area contributed by atoms with Crippen molar-refractivity contribution >= 4 is 5.96 Å². The smallest absolute Gasteiger partial charge is 0.370 e. The van der Waals surface area contributed by atoms with Crippen LogP contribution in [0.2, 0.25) is 0 Å². The van der Waals surface area contributed by atoms with Crippen LogP contribution in [0.1, 0.15) is 94.1 Å². The quantitative estimate of drug-likeness (QED) is 0.218. The molecule has 0 aliphatic carbocycles. The van der Waals surface area contributed by atoms with E-state index in [2.05, 4.69) is 17.1 Å². The molecule has 2 aromatic rings. The normalized spacial score (nSPS) is 16.7. The lowest BCUT2D eigenvalue weighted by Gasteiger charge is -2.30. The van der Waals surface area contributed by atoms with Gasteiger partial charge in [0.25, 0.3) is 0 Å². The molecule has 0 saturated carbocycles. The van der Waals surface area contributed by atoms with Crippen LogP contribution >= 0.6 is 0 Å². The number of unbranched alkanes of at least 4 members (excludes halogenated alkanes) is 7. The van der Waals surface area contributed by atoms with Crippen molar-refractivity contribution in [3.05, 3.63) is 35.2 Å². The number of halogens is 3. The highest BCUT2D eigenvalue weighted by atomic mass is 19.4. The van der Waals surface area contributed by atoms with Gasteiger partial charge in [-0.15, -0.1) is 0 Å². The standard InChI is InChI=1S/C25H36F3N5O/c1-2-3-4-5-6-7-8-9-11-18-13-14-19(16-21(18)25(26,27)28)22-31-23(34-32-22)20-12-10-15-33(17-20)24(29)30/h13-14,16,20H,2-12,15,17H2,1H3,(H3,29,30). The molecule has 3 N–H and O–H groups in total. The molecule has 1 aliphatic rings. The van der Waals surface area contributed by atoms with Gasteiger partial charge in [-0.2, -0.15) is 18.2 Å². The van der Waals surface area contributed by atoms with Gasteiger partial charge in [-0.1, -0.05) is 69.2 Å². The molecule has 0 bridgehead atoms. The van der Waals surface area contributed by atoms with Crippen LogP contribution in [0, 0.1) is 5.41 Å². The van der Waals surface area contributed by atoms with Gasteiger partial charge in [0.15, 0.2) is 5.96 Å². The van der Waals surface area contributed by atoms with Crippen molar-refractivity contribution in [1.82, 2.24) is 15.0 Å². The van der Waals surface area contributed by atoms with Gasteiger partial charge in [0.05, 0.1) is 11.5 Å². The number of nitrogens with one attached hydrogen (secondary N) is 1. The minimum Gasteiger partial charge on any atom is -0.370 e. The molecule has 6 nitrogen and oxygen atoms in total. The fraction of sp³-hybridized carbons (Fsp3) is 0.640.